The summed E-state index contributed by atoms with van der Waals surface area (Å²) < 4.78 is 19.5. The normalized spacial score (nSPS) is 14.9. The van der Waals surface area contributed by atoms with Gasteiger partial charge in [-0.2, -0.15) is 0 Å². The third-order valence-electron chi connectivity index (χ3n) is 16.0. The summed E-state index contributed by atoms with van der Waals surface area (Å²) in [5.74, 6) is 2.42. The molecule has 0 N–H and O–H groups in total. The topological polar surface area (TPSA) is 38.1 Å². The Morgan fingerprint density at radius 3 is 2.00 bits per heavy atom. The van der Waals surface area contributed by atoms with Crippen molar-refractivity contribution in [2.75, 3.05) is 16.6 Å². The van der Waals surface area contributed by atoms with Gasteiger partial charge in [-0.15, -0.1) is 0 Å². The lowest BCUT2D eigenvalue weighted by atomic mass is 9.33. The van der Waals surface area contributed by atoms with Gasteiger partial charge in [0, 0.05) is 39.1 Å². The highest BCUT2D eigenvalue weighted by Gasteiger charge is 2.47. The maximum Gasteiger partial charge on any atom is 0.252 e. The van der Waals surface area contributed by atoms with Crippen LogP contribution in [0.25, 0.3) is 44.5 Å². The summed E-state index contributed by atoms with van der Waals surface area (Å²) in [6.07, 6.45) is 0. The number of para-hydroxylation sites is 1. The molecule has 8 aromatic carbocycles. The molecule has 13 rings (SSSR count). The van der Waals surface area contributed by atoms with Crippen LogP contribution in [0.5, 0.6) is 11.5 Å². The Hall–Kier alpha value is -7.44. The first-order valence-corrected chi connectivity index (χ1v) is 25.3. The molecule has 350 valence electrons. The average Bonchev–Trinajstić information content (AvgIpc) is 4.06. The highest BCUT2D eigenvalue weighted by molar-refractivity contribution is 7.00. The van der Waals surface area contributed by atoms with Crippen molar-refractivity contribution < 1.29 is 13.9 Å². The van der Waals surface area contributed by atoms with Crippen molar-refractivity contribution in [2.45, 2.75) is 92.4 Å². The number of ether oxygens (including phenoxy) is 2. The molecule has 9 aromatic rings. The standard InChI is InChI=1S/C65H59BN2O3/c1-37-26-54-59-55(27-37)68(60-38(2)28-45(29-39(60)3)64(7,8)9)61-51(23-25-57-62(61)70-36-69-57)66(59)52-35-44(63(4,5)6)21-24-53(52)67(54)46-31-42(30-43(32-46)58-34-41-16-12-15-19-56(41)71-58)40-20-22-48-47-17-13-14-18-49(47)65(10,11)50(48)33-40/h12-35H,36H2,1-11H3. The summed E-state index contributed by atoms with van der Waals surface area (Å²) in [4.78, 5) is 5.06. The number of nitrogens with zero attached hydrogens (tertiary/aromatic N) is 2. The molecule has 1 aliphatic carbocycles. The molecule has 3 aliphatic heterocycles. The molecule has 0 bridgehead atoms. The minimum absolute atomic E-state index is 0.00855. The molecule has 0 saturated carbocycles. The second-order valence-corrected chi connectivity index (χ2v) is 23.1. The van der Waals surface area contributed by atoms with Crippen molar-refractivity contribution in [3.63, 3.8) is 0 Å². The first kappa shape index (κ1) is 43.6. The molecule has 4 aliphatic rings. The predicted octanol–water partition coefficient (Wildman–Crippen LogP) is 15.4. The average molecular weight is 927 g/mol. The zero-order valence-electron chi connectivity index (χ0n) is 42.8. The van der Waals surface area contributed by atoms with Gasteiger partial charge in [0.2, 0.25) is 6.79 Å². The Morgan fingerprint density at radius 1 is 0.535 bits per heavy atom. The molecule has 0 atom stereocenters. The van der Waals surface area contributed by atoms with Gasteiger partial charge in [-0.3, -0.25) is 0 Å². The van der Waals surface area contributed by atoms with Crippen LogP contribution in [0.2, 0.25) is 0 Å². The van der Waals surface area contributed by atoms with E-state index in [4.69, 9.17) is 13.9 Å². The summed E-state index contributed by atoms with van der Waals surface area (Å²) in [5.41, 5.74) is 26.1. The Labute approximate surface area is 418 Å². The van der Waals surface area contributed by atoms with E-state index in [-0.39, 0.29) is 29.8 Å². The number of anilines is 6. The lowest BCUT2D eigenvalue weighted by Gasteiger charge is -2.45. The first-order valence-electron chi connectivity index (χ1n) is 25.3. The monoisotopic (exact) mass is 926 g/mol. The van der Waals surface area contributed by atoms with Crippen LogP contribution in [0.1, 0.15) is 94.3 Å². The van der Waals surface area contributed by atoms with Gasteiger partial charge < -0.3 is 23.7 Å². The van der Waals surface area contributed by atoms with Crippen molar-refractivity contribution in [2.24, 2.45) is 0 Å². The van der Waals surface area contributed by atoms with Gasteiger partial charge in [0.05, 0.1) is 11.4 Å². The summed E-state index contributed by atoms with van der Waals surface area (Å²) in [6.45, 7) is 25.5. The number of rotatable bonds is 4. The number of furan rings is 1. The fraction of sp³-hybridized carbons (Fsp3) is 0.231. The van der Waals surface area contributed by atoms with Crippen LogP contribution >= 0.6 is 0 Å². The molecule has 0 fully saturated rings. The molecular weight excluding hydrogens is 868 g/mol. The van der Waals surface area contributed by atoms with Crippen LogP contribution in [0.4, 0.5) is 34.1 Å². The van der Waals surface area contributed by atoms with Crippen molar-refractivity contribution in [3.8, 4) is 45.1 Å². The molecule has 0 amide bonds. The smallest absolute Gasteiger partial charge is 0.252 e. The third kappa shape index (κ3) is 6.52. The van der Waals surface area contributed by atoms with Gasteiger partial charge >= 0.3 is 0 Å². The summed E-state index contributed by atoms with van der Waals surface area (Å²) >= 11 is 0. The van der Waals surface area contributed by atoms with Gasteiger partial charge in [-0.1, -0.05) is 140 Å². The van der Waals surface area contributed by atoms with E-state index >= 15 is 0 Å². The highest BCUT2D eigenvalue weighted by Crippen LogP contribution is 2.54. The molecule has 0 saturated heterocycles. The van der Waals surface area contributed by atoms with Gasteiger partial charge in [0.1, 0.15) is 11.3 Å². The number of aryl methyl sites for hydroxylation is 3. The maximum absolute atomic E-state index is 6.75. The molecule has 71 heavy (non-hydrogen) atoms. The lowest BCUT2D eigenvalue weighted by Crippen LogP contribution is -2.61. The van der Waals surface area contributed by atoms with Gasteiger partial charge in [0.25, 0.3) is 6.71 Å². The predicted molar refractivity (Wildman–Crippen MR) is 296 cm³/mol. The van der Waals surface area contributed by atoms with E-state index in [0.717, 1.165) is 67.8 Å². The van der Waals surface area contributed by atoms with E-state index in [2.05, 4.69) is 225 Å². The van der Waals surface area contributed by atoms with Crippen LogP contribution in [-0.2, 0) is 16.2 Å². The molecule has 0 spiro atoms. The van der Waals surface area contributed by atoms with E-state index in [1.54, 1.807) is 0 Å². The van der Waals surface area contributed by atoms with Crippen LogP contribution in [0.3, 0.4) is 0 Å². The lowest BCUT2D eigenvalue weighted by molar-refractivity contribution is 0.174. The van der Waals surface area contributed by atoms with Crippen molar-refractivity contribution >= 4 is 68.2 Å². The van der Waals surface area contributed by atoms with Gasteiger partial charge in [-0.05, 0) is 170 Å². The molecule has 6 heteroatoms. The van der Waals surface area contributed by atoms with E-state index in [9.17, 15) is 0 Å². The van der Waals surface area contributed by atoms with Crippen LogP contribution < -0.4 is 35.7 Å². The van der Waals surface area contributed by atoms with E-state index in [0.29, 0.717) is 0 Å². The Bertz CT molecular complexity index is 3690. The number of benzene rings is 8. The van der Waals surface area contributed by atoms with Gasteiger partial charge in [-0.25, -0.2) is 0 Å². The summed E-state index contributed by atoms with van der Waals surface area (Å²) in [6, 6.07) is 54.8. The molecule has 0 radical (unpaired) electrons. The zero-order valence-corrected chi connectivity index (χ0v) is 42.8. The molecule has 0 unspecified atom stereocenters. The van der Waals surface area contributed by atoms with Crippen molar-refractivity contribution in [1.82, 2.24) is 0 Å². The van der Waals surface area contributed by atoms with Crippen molar-refractivity contribution in [3.05, 3.63) is 185 Å². The van der Waals surface area contributed by atoms with E-state index in [1.165, 1.54) is 77.7 Å². The number of fused-ring (bicyclic) bond motifs is 10. The minimum Gasteiger partial charge on any atom is -0.456 e. The first-order chi connectivity index (χ1) is 33.9. The third-order valence-corrected chi connectivity index (χ3v) is 16.0. The number of hydrogen-bond donors (Lipinski definition) is 0. The Morgan fingerprint density at radius 2 is 1.24 bits per heavy atom. The summed E-state index contributed by atoms with van der Waals surface area (Å²) in [7, 11) is 0. The van der Waals surface area contributed by atoms with Crippen molar-refractivity contribution in [1.29, 1.82) is 0 Å². The fourth-order valence-electron chi connectivity index (χ4n) is 12.4. The zero-order chi connectivity index (χ0) is 49.0. The fourth-order valence-corrected chi connectivity index (χ4v) is 12.4. The SMILES string of the molecule is Cc1cc2c3c(c1)N(c1c(C)cc(C(C)(C)C)cc1C)c1c(ccc4c1OCO4)B3c1cc(C(C)(C)C)ccc1N2c1cc(-c2ccc3c(c2)C(C)(C)c2ccccc2-3)cc(-c2cc3ccccc3o2)c1. The second-order valence-electron chi connectivity index (χ2n) is 23.1. The Kier molecular flexibility index (Phi) is 9.23. The second kappa shape index (κ2) is 15.0. The van der Waals surface area contributed by atoms with Gasteiger partial charge in [0.15, 0.2) is 11.5 Å². The van der Waals surface area contributed by atoms with Crippen LogP contribution in [-0.4, -0.2) is 13.5 Å². The molecular formula is C65H59BN2O3. The molecule has 1 aromatic heterocycles. The summed E-state index contributed by atoms with van der Waals surface area (Å²) in [5, 5.41) is 1.08. The maximum atomic E-state index is 6.75. The molecule has 5 nitrogen and oxygen atoms in total. The van der Waals surface area contributed by atoms with Crippen LogP contribution in [0, 0.1) is 20.8 Å². The number of hydrogen-bond acceptors (Lipinski definition) is 5. The Balaban J connectivity index is 1.10. The molecule has 4 heterocycles. The van der Waals surface area contributed by atoms with Crippen LogP contribution in [0.15, 0.2) is 150 Å². The largest absolute Gasteiger partial charge is 0.456 e. The van der Waals surface area contributed by atoms with E-state index in [1.807, 2.05) is 6.07 Å². The quantitative estimate of drug-likeness (QED) is 0.164. The van der Waals surface area contributed by atoms with E-state index < -0.39 is 0 Å². The minimum atomic E-state index is -0.142. The highest BCUT2D eigenvalue weighted by atomic mass is 16.7.